The molecular weight excluding hydrogens is 412 g/mol. The summed E-state index contributed by atoms with van der Waals surface area (Å²) in [4.78, 5) is 43.0. The maximum atomic E-state index is 13.3. The van der Waals surface area contributed by atoms with Crippen LogP contribution in [0.3, 0.4) is 0 Å². The molecule has 0 spiro atoms. The van der Waals surface area contributed by atoms with Gasteiger partial charge in [0.1, 0.15) is 11.8 Å². The van der Waals surface area contributed by atoms with E-state index in [4.69, 9.17) is 4.74 Å². The molecule has 4 rings (SSSR count). The summed E-state index contributed by atoms with van der Waals surface area (Å²) in [5, 5.41) is 1.93. The Hall–Kier alpha value is -3.45. The van der Waals surface area contributed by atoms with Gasteiger partial charge in [-0.25, -0.2) is 4.90 Å². The predicted octanol–water partition coefficient (Wildman–Crippen LogP) is 3.66. The molecule has 3 aromatic rings. The first kappa shape index (κ1) is 20.8. The molecule has 1 saturated heterocycles. The maximum Gasteiger partial charge on any atom is 0.257 e. The maximum absolute atomic E-state index is 13.3. The number of carbonyl (C=O) groups excluding carboxylic acids is 3. The van der Waals surface area contributed by atoms with Crippen molar-refractivity contribution in [2.75, 3.05) is 12.0 Å². The summed E-state index contributed by atoms with van der Waals surface area (Å²) >= 11 is 1.52. The molecule has 0 saturated carbocycles. The first-order valence-electron chi connectivity index (χ1n) is 9.93. The van der Waals surface area contributed by atoms with E-state index in [0.29, 0.717) is 18.0 Å². The van der Waals surface area contributed by atoms with Gasteiger partial charge in [0.05, 0.1) is 32.2 Å². The van der Waals surface area contributed by atoms with Gasteiger partial charge in [0.2, 0.25) is 11.8 Å². The molecule has 6 nitrogen and oxygen atoms in total. The van der Waals surface area contributed by atoms with Crippen molar-refractivity contribution in [2.24, 2.45) is 0 Å². The van der Waals surface area contributed by atoms with Crippen LogP contribution < -0.4 is 9.64 Å². The number of imide groups is 1. The number of rotatable bonds is 7. The molecular formula is C24H22N2O4S. The number of amides is 3. The van der Waals surface area contributed by atoms with Crippen molar-refractivity contribution < 1.29 is 19.1 Å². The summed E-state index contributed by atoms with van der Waals surface area (Å²) in [6.07, 6.45) is 0.142. The van der Waals surface area contributed by atoms with Crippen molar-refractivity contribution in [1.29, 1.82) is 0 Å². The third-order valence-electron chi connectivity index (χ3n) is 5.25. The Morgan fingerprint density at radius 1 is 1.06 bits per heavy atom. The fourth-order valence-corrected chi connectivity index (χ4v) is 4.38. The fraction of sp³-hybridized carbons (Fsp3) is 0.208. The zero-order chi connectivity index (χ0) is 21.8. The van der Waals surface area contributed by atoms with Crippen molar-refractivity contribution in [3.63, 3.8) is 0 Å². The first-order chi connectivity index (χ1) is 15.1. The standard InChI is InChI=1S/C24H22N2O4S/c1-30-19-11-9-18(10-12-19)26-23(28)15-21(24(26)29)25(16-20-8-5-13-31-20)22(27)14-17-6-3-2-4-7-17/h2-13,21H,14-16H2,1H3. The Labute approximate surface area is 184 Å². The van der Waals surface area contributed by atoms with Crippen LogP contribution in [0.15, 0.2) is 72.1 Å². The van der Waals surface area contributed by atoms with Gasteiger partial charge < -0.3 is 9.64 Å². The van der Waals surface area contributed by atoms with Crippen LogP contribution in [-0.4, -0.2) is 35.8 Å². The Morgan fingerprint density at radius 3 is 2.45 bits per heavy atom. The third-order valence-corrected chi connectivity index (χ3v) is 6.12. The molecule has 0 N–H and O–H groups in total. The topological polar surface area (TPSA) is 66.9 Å². The highest BCUT2D eigenvalue weighted by Gasteiger charge is 2.44. The second kappa shape index (κ2) is 9.14. The average Bonchev–Trinajstić information content (AvgIpc) is 3.40. The number of carbonyl (C=O) groups is 3. The number of anilines is 1. The van der Waals surface area contributed by atoms with E-state index in [9.17, 15) is 14.4 Å². The number of hydrogen-bond acceptors (Lipinski definition) is 5. The van der Waals surface area contributed by atoms with E-state index in [-0.39, 0.29) is 30.6 Å². The SMILES string of the molecule is COc1ccc(N2C(=O)CC(N(Cc3cccs3)C(=O)Cc3ccccc3)C2=O)cc1. The molecule has 2 aromatic carbocycles. The van der Waals surface area contributed by atoms with Crippen molar-refractivity contribution >= 4 is 34.7 Å². The van der Waals surface area contributed by atoms with E-state index in [2.05, 4.69) is 0 Å². The number of hydrogen-bond donors (Lipinski definition) is 0. The molecule has 1 fully saturated rings. The van der Waals surface area contributed by atoms with E-state index >= 15 is 0 Å². The lowest BCUT2D eigenvalue weighted by Crippen LogP contribution is -2.45. The lowest BCUT2D eigenvalue weighted by atomic mass is 10.1. The quantitative estimate of drug-likeness (QED) is 0.533. The van der Waals surface area contributed by atoms with Crippen LogP contribution in [0, 0.1) is 0 Å². The van der Waals surface area contributed by atoms with E-state index in [0.717, 1.165) is 10.4 Å². The normalized spacial score (nSPS) is 15.9. The van der Waals surface area contributed by atoms with Crippen molar-refractivity contribution in [3.05, 3.63) is 82.6 Å². The van der Waals surface area contributed by atoms with Gasteiger partial charge in [-0.3, -0.25) is 14.4 Å². The van der Waals surface area contributed by atoms with Crippen LogP contribution in [0.25, 0.3) is 0 Å². The highest BCUT2D eigenvalue weighted by atomic mass is 32.1. The zero-order valence-electron chi connectivity index (χ0n) is 17.1. The van der Waals surface area contributed by atoms with Crippen molar-refractivity contribution in [3.8, 4) is 5.75 Å². The predicted molar refractivity (Wildman–Crippen MR) is 119 cm³/mol. The molecule has 0 bridgehead atoms. The van der Waals surface area contributed by atoms with Crippen LogP contribution in [-0.2, 0) is 27.3 Å². The number of benzene rings is 2. The zero-order valence-corrected chi connectivity index (χ0v) is 17.9. The minimum Gasteiger partial charge on any atom is -0.497 e. The minimum atomic E-state index is -0.826. The number of ether oxygens (including phenoxy) is 1. The number of methoxy groups -OCH3 is 1. The average molecular weight is 435 g/mol. The largest absolute Gasteiger partial charge is 0.497 e. The third kappa shape index (κ3) is 4.51. The van der Waals surface area contributed by atoms with Gasteiger partial charge in [-0.05, 0) is 41.3 Å². The monoisotopic (exact) mass is 434 g/mol. The van der Waals surface area contributed by atoms with Crippen LogP contribution in [0.1, 0.15) is 16.9 Å². The van der Waals surface area contributed by atoms with E-state index in [1.54, 1.807) is 36.3 Å². The highest BCUT2D eigenvalue weighted by molar-refractivity contribution is 7.09. The van der Waals surface area contributed by atoms with Crippen molar-refractivity contribution in [1.82, 2.24) is 4.90 Å². The molecule has 0 aliphatic carbocycles. The molecule has 1 aromatic heterocycles. The Bertz CT molecular complexity index is 1060. The molecule has 2 heterocycles. The van der Waals surface area contributed by atoms with Gasteiger partial charge in [0, 0.05) is 4.88 Å². The minimum absolute atomic E-state index is 0.0310. The van der Waals surface area contributed by atoms with Gasteiger partial charge >= 0.3 is 0 Å². The molecule has 1 unspecified atom stereocenters. The Kier molecular flexibility index (Phi) is 6.13. The summed E-state index contributed by atoms with van der Waals surface area (Å²) in [5.74, 6) is -0.240. The second-order valence-electron chi connectivity index (χ2n) is 7.25. The smallest absolute Gasteiger partial charge is 0.257 e. The molecule has 1 aliphatic heterocycles. The molecule has 0 radical (unpaired) electrons. The molecule has 3 amide bonds. The summed E-state index contributed by atoms with van der Waals surface area (Å²) in [6.45, 7) is 0.295. The van der Waals surface area contributed by atoms with E-state index < -0.39 is 6.04 Å². The molecule has 31 heavy (non-hydrogen) atoms. The van der Waals surface area contributed by atoms with Gasteiger partial charge in [-0.1, -0.05) is 36.4 Å². The van der Waals surface area contributed by atoms with Gasteiger partial charge in [-0.2, -0.15) is 0 Å². The summed E-state index contributed by atoms with van der Waals surface area (Å²) in [7, 11) is 1.55. The van der Waals surface area contributed by atoms with Crippen LogP contribution in [0.2, 0.25) is 0 Å². The van der Waals surface area contributed by atoms with Crippen LogP contribution in [0.4, 0.5) is 5.69 Å². The summed E-state index contributed by atoms with van der Waals surface area (Å²) in [6, 6.07) is 19.2. The Balaban J connectivity index is 1.60. The molecule has 1 atom stereocenters. The van der Waals surface area contributed by atoms with Crippen LogP contribution >= 0.6 is 11.3 Å². The summed E-state index contributed by atoms with van der Waals surface area (Å²) < 4.78 is 5.15. The Morgan fingerprint density at radius 2 is 1.81 bits per heavy atom. The van der Waals surface area contributed by atoms with E-state index in [1.807, 2.05) is 47.8 Å². The molecule has 1 aliphatic rings. The lowest BCUT2D eigenvalue weighted by Gasteiger charge is -2.27. The number of nitrogens with zero attached hydrogens (tertiary/aromatic N) is 2. The van der Waals surface area contributed by atoms with Crippen LogP contribution in [0.5, 0.6) is 5.75 Å². The fourth-order valence-electron chi connectivity index (χ4n) is 3.68. The molecule has 7 heteroatoms. The summed E-state index contributed by atoms with van der Waals surface area (Å²) in [5.41, 5.74) is 1.34. The number of thiophene rings is 1. The van der Waals surface area contributed by atoms with Gasteiger partial charge in [0.15, 0.2) is 0 Å². The highest BCUT2D eigenvalue weighted by Crippen LogP contribution is 2.29. The van der Waals surface area contributed by atoms with Crippen molar-refractivity contribution in [2.45, 2.75) is 25.4 Å². The molecule has 158 valence electrons. The lowest BCUT2D eigenvalue weighted by molar-refractivity contribution is -0.138. The first-order valence-corrected chi connectivity index (χ1v) is 10.8. The van der Waals surface area contributed by atoms with Gasteiger partial charge in [0.25, 0.3) is 5.91 Å². The second-order valence-corrected chi connectivity index (χ2v) is 8.28. The van der Waals surface area contributed by atoms with Gasteiger partial charge in [-0.15, -0.1) is 11.3 Å². The van der Waals surface area contributed by atoms with E-state index in [1.165, 1.54) is 16.2 Å².